The van der Waals surface area contributed by atoms with Crippen molar-refractivity contribution in [1.82, 2.24) is 5.32 Å². The molecule has 0 aromatic carbocycles. The molecular formula is C13H29NO2. The summed E-state index contributed by atoms with van der Waals surface area (Å²) in [5.41, 5.74) is -0.0384. The van der Waals surface area contributed by atoms with Gasteiger partial charge >= 0.3 is 0 Å². The Labute approximate surface area is 101 Å². The molecule has 1 unspecified atom stereocenters. The fraction of sp³-hybridized carbons (Fsp3) is 1.00. The van der Waals surface area contributed by atoms with E-state index in [9.17, 15) is 0 Å². The number of ether oxygens (including phenoxy) is 1. The molecule has 98 valence electrons. The number of nitrogens with one attached hydrogen (secondary N) is 1. The molecule has 0 amide bonds. The molecule has 0 saturated heterocycles. The van der Waals surface area contributed by atoms with Gasteiger partial charge in [0.1, 0.15) is 0 Å². The Hall–Kier alpha value is -0.120. The van der Waals surface area contributed by atoms with Gasteiger partial charge in [-0.1, -0.05) is 12.8 Å². The Morgan fingerprint density at radius 1 is 1.19 bits per heavy atom. The molecule has 1 atom stereocenters. The summed E-state index contributed by atoms with van der Waals surface area (Å²) in [6, 6.07) is 0.493. The first-order chi connectivity index (χ1) is 7.52. The van der Waals surface area contributed by atoms with Crippen LogP contribution >= 0.6 is 0 Å². The van der Waals surface area contributed by atoms with Gasteiger partial charge in [0.15, 0.2) is 0 Å². The van der Waals surface area contributed by atoms with Crippen molar-refractivity contribution in [2.24, 2.45) is 0 Å². The van der Waals surface area contributed by atoms with Gasteiger partial charge in [-0.2, -0.15) is 0 Å². The Morgan fingerprint density at radius 2 is 1.81 bits per heavy atom. The molecule has 0 aliphatic rings. The van der Waals surface area contributed by atoms with E-state index in [1.54, 1.807) is 7.11 Å². The molecule has 2 N–H and O–H groups in total. The third kappa shape index (κ3) is 9.13. The van der Waals surface area contributed by atoms with E-state index < -0.39 is 0 Å². The minimum atomic E-state index is -0.0384. The molecule has 0 heterocycles. The van der Waals surface area contributed by atoms with Crippen molar-refractivity contribution in [3.63, 3.8) is 0 Å². The molecule has 0 rings (SSSR count). The molecule has 3 nitrogen and oxygen atoms in total. The SMILES string of the molecule is COC(C)(C)CC(C)NCCCCCCO. The molecule has 0 aromatic rings. The number of aliphatic hydroxyl groups excluding tert-OH is 1. The number of hydrogen-bond acceptors (Lipinski definition) is 3. The van der Waals surface area contributed by atoms with Crippen LogP contribution in [0.5, 0.6) is 0 Å². The number of unbranched alkanes of at least 4 members (excludes halogenated alkanes) is 3. The molecule has 0 spiro atoms. The second-order valence-electron chi connectivity index (χ2n) is 5.16. The molecular weight excluding hydrogens is 202 g/mol. The second kappa shape index (κ2) is 8.97. The van der Waals surface area contributed by atoms with Crippen LogP contribution in [-0.4, -0.2) is 37.0 Å². The topological polar surface area (TPSA) is 41.5 Å². The van der Waals surface area contributed by atoms with Crippen molar-refractivity contribution < 1.29 is 9.84 Å². The molecule has 0 bridgehead atoms. The maximum absolute atomic E-state index is 8.64. The van der Waals surface area contributed by atoms with E-state index in [4.69, 9.17) is 9.84 Å². The molecule has 0 radical (unpaired) electrons. The van der Waals surface area contributed by atoms with Gasteiger partial charge in [0.05, 0.1) is 5.60 Å². The van der Waals surface area contributed by atoms with Gasteiger partial charge in [0.25, 0.3) is 0 Å². The van der Waals surface area contributed by atoms with Crippen LogP contribution in [0.1, 0.15) is 52.9 Å². The van der Waals surface area contributed by atoms with Crippen LogP contribution < -0.4 is 5.32 Å². The van der Waals surface area contributed by atoms with Crippen LogP contribution in [0.2, 0.25) is 0 Å². The molecule has 0 aliphatic carbocycles. The minimum absolute atomic E-state index is 0.0384. The normalized spacial score (nSPS) is 14.1. The van der Waals surface area contributed by atoms with Crippen molar-refractivity contribution in [3.05, 3.63) is 0 Å². The first-order valence-electron chi connectivity index (χ1n) is 6.41. The smallest absolute Gasteiger partial charge is 0.0637 e. The molecule has 16 heavy (non-hydrogen) atoms. The van der Waals surface area contributed by atoms with Crippen LogP contribution in [0.15, 0.2) is 0 Å². The van der Waals surface area contributed by atoms with Gasteiger partial charge in [0, 0.05) is 19.8 Å². The standard InChI is InChI=1S/C13H29NO2/c1-12(11-13(2,3)16-4)14-9-7-5-6-8-10-15/h12,14-15H,5-11H2,1-4H3. The summed E-state index contributed by atoms with van der Waals surface area (Å²) in [4.78, 5) is 0. The Balaban J connectivity index is 3.40. The zero-order valence-corrected chi connectivity index (χ0v) is 11.4. The lowest BCUT2D eigenvalue weighted by molar-refractivity contribution is 0.00859. The summed E-state index contributed by atoms with van der Waals surface area (Å²) in [5.74, 6) is 0. The van der Waals surface area contributed by atoms with Gasteiger partial charge in [-0.25, -0.2) is 0 Å². The van der Waals surface area contributed by atoms with E-state index in [1.807, 2.05) is 0 Å². The van der Waals surface area contributed by atoms with E-state index in [0.29, 0.717) is 12.6 Å². The zero-order valence-electron chi connectivity index (χ0n) is 11.4. The summed E-state index contributed by atoms with van der Waals surface area (Å²) < 4.78 is 5.40. The highest BCUT2D eigenvalue weighted by molar-refractivity contribution is 4.75. The summed E-state index contributed by atoms with van der Waals surface area (Å²) in [5, 5.41) is 12.1. The van der Waals surface area contributed by atoms with Crippen LogP contribution in [-0.2, 0) is 4.74 Å². The third-order valence-electron chi connectivity index (χ3n) is 2.93. The number of methoxy groups -OCH3 is 1. The van der Waals surface area contributed by atoms with Crippen LogP contribution in [0.3, 0.4) is 0 Å². The monoisotopic (exact) mass is 231 g/mol. The van der Waals surface area contributed by atoms with Gasteiger partial charge in [-0.3, -0.25) is 0 Å². The molecule has 0 aliphatic heterocycles. The maximum atomic E-state index is 8.64. The molecule has 3 heteroatoms. The van der Waals surface area contributed by atoms with E-state index >= 15 is 0 Å². The van der Waals surface area contributed by atoms with Crippen LogP contribution in [0.25, 0.3) is 0 Å². The Bertz CT molecular complexity index is 160. The lowest BCUT2D eigenvalue weighted by atomic mass is 10.00. The van der Waals surface area contributed by atoms with Gasteiger partial charge in [0.2, 0.25) is 0 Å². The first-order valence-corrected chi connectivity index (χ1v) is 6.41. The zero-order chi connectivity index (χ0) is 12.4. The highest BCUT2D eigenvalue weighted by Crippen LogP contribution is 2.15. The van der Waals surface area contributed by atoms with E-state index in [-0.39, 0.29) is 5.60 Å². The second-order valence-corrected chi connectivity index (χ2v) is 5.16. The van der Waals surface area contributed by atoms with E-state index in [1.165, 1.54) is 12.8 Å². The highest BCUT2D eigenvalue weighted by atomic mass is 16.5. The average molecular weight is 231 g/mol. The quantitative estimate of drug-likeness (QED) is 0.567. The third-order valence-corrected chi connectivity index (χ3v) is 2.93. The summed E-state index contributed by atoms with van der Waals surface area (Å²) >= 11 is 0. The lowest BCUT2D eigenvalue weighted by Crippen LogP contribution is -2.36. The van der Waals surface area contributed by atoms with Crippen LogP contribution in [0.4, 0.5) is 0 Å². The van der Waals surface area contributed by atoms with Gasteiger partial charge in [-0.05, 0) is 46.6 Å². The molecule has 0 fully saturated rings. The first kappa shape index (κ1) is 15.9. The average Bonchev–Trinajstić information content (AvgIpc) is 2.22. The predicted octanol–water partition coefficient (Wildman–Crippen LogP) is 2.33. The summed E-state index contributed by atoms with van der Waals surface area (Å²) in [6.45, 7) is 7.82. The Morgan fingerprint density at radius 3 is 2.38 bits per heavy atom. The van der Waals surface area contributed by atoms with Gasteiger partial charge < -0.3 is 15.2 Å². The highest BCUT2D eigenvalue weighted by Gasteiger charge is 2.19. The van der Waals surface area contributed by atoms with Crippen molar-refractivity contribution in [3.8, 4) is 0 Å². The predicted molar refractivity (Wildman–Crippen MR) is 68.7 cm³/mol. The fourth-order valence-corrected chi connectivity index (χ4v) is 1.83. The van der Waals surface area contributed by atoms with E-state index in [0.717, 1.165) is 25.8 Å². The number of rotatable bonds is 10. The largest absolute Gasteiger partial charge is 0.396 e. The van der Waals surface area contributed by atoms with Crippen molar-refractivity contribution in [1.29, 1.82) is 0 Å². The van der Waals surface area contributed by atoms with Crippen LogP contribution in [0, 0.1) is 0 Å². The number of hydrogen-bond donors (Lipinski definition) is 2. The van der Waals surface area contributed by atoms with Crippen molar-refractivity contribution >= 4 is 0 Å². The fourth-order valence-electron chi connectivity index (χ4n) is 1.83. The van der Waals surface area contributed by atoms with Crippen molar-refractivity contribution in [2.45, 2.75) is 64.5 Å². The van der Waals surface area contributed by atoms with Crippen molar-refractivity contribution in [2.75, 3.05) is 20.3 Å². The number of aliphatic hydroxyl groups is 1. The summed E-state index contributed by atoms with van der Waals surface area (Å²) in [7, 11) is 1.77. The molecule has 0 aromatic heterocycles. The lowest BCUT2D eigenvalue weighted by Gasteiger charge is -2.27. The van der Waals surface area contributed by atoms with E-state index in [2.05, 4.69) is 26.1 Å². The minimum Gasteiger partial charge on any atom is -0.396 e. The molecule has 0 saturated carbocycles. The Kier molecular flexibility index (Phi) is 8.90. The van der Waals surface area contributed by atoms with Gasteiger partial charge in [-0.15, -0.1) is 0 Å². The maximum Gasteiger partial charge on any atom is 0.0637 e. The summed E-state index contributed by atoms with van der Waals surface area (Å²) in [6.07, 6.45) is 5.49.